The second kappa shape index (κ2) is 10.4. The van der Waals surface area contributed by atoms with Crippen molar-refractivity contribution in [2.45, 2.75) is 51.9 Å². The first kappa shape index (κ1) is 15.5. The second-order valence-electron chi connectivity index (χ2n) is 4.72. The van der Waals surface area contributed by atoms with E-state index in [2.05, 4.69) is 19.1 Å². The molecule has 1 aromatic rings. The van der Waals surface area contributed by atoms with E-state index in [9.17, 15) is 0 Å². The van der Waals surface area contributed by atoms with Crippen molar-refractivity contribution in [2.24, 2.45) is 0 Å². The quantitative estimate of drug-likeness (QED) is 0.526. The number of unbranched alkanes of at least 4 members (excludes halogenated alkanes) is 4. The van der Waals surface area contributed by atoms with E-state index in [1.165, 1.54) is 37.7 Å². The van der Waals surface area contributed by atoms with Gasteiger partial charge in [-0.25, -0.2) is 0 Å². The number of benzene rings is 1. The third kappa shape index (κ3) is 7.03. The van der Waals surface area contributed by atoms with Crippen molar-refractivity contribution in [3.05, 3.63) is 34.9 Å². The van der Waals surface area contributed by atoms with Gasteiger partial charge in [-0.05, 0) is 37.3 Å². The van der Waals surface area contributed by atoms with Gasteiger partial charge in [-0.15, -0.1) is 0 Å². The van der Waals surface area contributed by atoms with Gasteiger partial charge in [-0.2, -0.15) is 0 Å². The van der Waals surface area contributed by atoms with Crippen molar-refractivity contribution in [1.82, 2.24) is 0 Å². The van der Waals surface area contributed by atoms with Crippen molar-refractivity contribution < 1.29 is 4.74 Å². The minimum atomic E-state index is 0.897. The summed E-state index contributed by atoms with van der Waals surface area (Å²) >= 11 is 6.11. The van der Waals surface area contributed by atoms with Gasteiger partial charge in [0.15, 0.2) is 0 Å². The first-order valence-electron chi connectivity index (χ1n) is 7.15. The molecule has 1 aromatic carbocycles. The molecule has 0 amide bonds. The lowest BCUT2D eigenvalue weighted by Gasteiger charge is -2.05. The van der Waals surface area contributed by atoms with Crippen LogP contribution in [0.1, 0.15) is 51.0 Å². The summed E-state index contributed by atoms with van der Waals surface area (Å²) in [5, 5.41) is 0.897. The molecule has 0 fully saturated rings. The molecule has 2 heteroatoms. The molecule has 0 saturated heterocycles. The Bertz CT molecular complexity index is 312. The fourth-order valence-electron chi connectivity index (χ4n) is 1.95. The Morgan fingerprint density at radius 1 is 0.944 bits per heavy atom. The largest absolute Gasteiger partial charge is 0.381 e. The minimum Gasteiger partial charge on any atom is -0.381 e. The number of ether oxygens (including phenoxy) is 1. The summed E-state index contributed by atoms with van der Waals surface area (Å²) in [5.74, 6) is 0. The molecule has 18 heavy (non-hydrogen) atoms. The lowest BCUT2D eigenvalue weighted by Crippen LogP contribution is -1.97. The van der Waals surface area contributed by atoms with Crippen LogP contribution < -0.4 is 0 Å². The highest BCUT2D eigenvalue weighted by atomic mass is 35.5. The first-order valence-corrected chi connectivity index (χ1v) is 7.53. The van der Waals surface area contributed by atoms with Crippen LogP contribution in [0.15, 0.2) is 24.3 Å². The summed E-state index contributed by atoms with van der Waals surface area (Å²) in [4.78, 5) is 0. The first-order chi connectivity index (χ1) is 8.84. The van der Waals surface area contributed by atoms with Gasteiger partial charge >= 0.3 is 0 Å². The summed E-state index contributed by atoms with van der Waals surface area (Å²) in [6, 6.07) is 8.12. The van der Waals surface area contributed by atoms with Crippen LogP contribution in [0.4, 0.5) is 0 Å². The van der Waals surface area contributed by atoms with Gasteiger partial charge in [-0.1, -0.05) is 56.0 Å². The number of halogens is 1. The van der Waals surface area contributed by atoms with Gasteiger partial charge in [0.2, 0.25) is 0 Å². The highest BCUT2D eigenvalue weighted by Gasteiger charge is 1.98. The van der Waals surface area contributed by atoms with E-state index in [1.54, 1.807) is 0 Å². The molecule has 0 aliphatic rings. The molecule has 1 rings (SSSR count). The van der Waals surface area contributed by atoms with Gasteiger partial charge in [-0.3, -0.25) is 0 Å². The molecule has 0 atom stereocenters. The Morgan fingerprint density at radius 3 is 2.39 bits per heavy atom. The van der Waals surface area contributed by atoms with Crippen LogP contribution in [0, 0.1) is 0 Å². The van der Waals surface area contributed by atoms with Gasteiger partial charge in [0.25, 0.3) is 0 Å². The Balaban J connectivity index is 1.94. The van der Waals surface area contributed by atoms with Gasteiger partial charge in [0, 0.05) is 18.2 Å². The molecular weight excluding hydrogens is 244 g/mol. The molecule has 0 aliphatic carbocycles. The maximum atomic E-state index is 6.11. The van der Waals surface area contributed by atoms with Gasteiger partial charge in [0.05, 0.1) is 0 Å². The fraction of sp³-hybridized carbons (Fsp3) is 0.625. The van der Waals surface area contributed by atoms with Gasteiger partial charge < -0.3 is 4.74 Å². The Labute approximate surface area is 116 Å². The average molecular weight is 269 g/mol. The Morgan fingerprint density at radius 2 is 1.67 bits per heavy atom. The number of hydrogen-bond acceptors (Lipinski definition) is 1. The van der Waals surface area contributed by atoms with Crippen LogP contribution in [0.25, 0.3) is 0 Å². The van der Waals surface area contributed by atoms with E-state index in [4.69, 9.17) is 16.3 Å². The molecule has 1 nitrogen and oxygen atoms in total. The lowest BCUT2D eigenvalue weighted by molar-refractivity contribution is 0.126. The average Bonchev–Trinajstić information content (AvgIpc) is 2.39. The van der Waals surface area contributed by atoms with E-state index in [-0.39, 0.29) is 0 Å². The van der Waals surface area contributed by atoms with Crippen molar-refractivity contribution in [1.29, 1.82) is 0 Å². The molecule has 0 aliphatic heterocycles. The van der Waals surface area contributed by atoms with E-state index in [0.717, 1.165) is 31.1 Å². The lowest BCUT2D eigenvalue weighted by atomic mass is 10.1. The predicted octanol–water partition coefficient (Wildman–Crippen LogP) is 5.26. The molecule has 0 heterocycles. The molecule has 0 saturated carbocycles. The standard InChI is InChI=1S/C16H25ClO/c1-2-3-8-13-18-14-9-4-5-10-15-11-6-7-12-16(15)17/h6-7,11-12H,2-5,8-10,13-14H2,1H3. The molecule has 0 bridgehead atoms. The number of aryl methyl sites for hydroxylation is 1. The van der Waals surface area contributed by atoms with Crippen molar-refractivity contribution >= 4 is 11.6 Å². The maximum absolute atomic E-state index is 6.11. The molecular formula is C16H25ClO. The fourth-order valence-corrected chi connectivity index (χ4v) is 2.18. The van der Waals surface area contributed by atoms with Crippen molar-refractivity contribution in [3.63, 3.8) is 0 Å². The van der Waals surface area contributed by atoms with Crippen molar-refractivity contribution in [3.8, 4) is 0 Å². The highest BCUT2D eigenvalue weighted by molar-refractivity contribution is 6.31. The third-order valence-electron chi connectivity index (χ3n) is 3.08. The van der Waals surface area contributed by atoms with Crippen molar-refractivity contribution in [2.75, 3.05) is 13.2 Å². The topological polar surface area (TPSA) is 9.23 Å². The monoisotopic (exact) mass is 268 g/mol. The normalized spacial score (nSPS) is 10.8. The van der Waals surface area contributed by atoms with Crippen LogP contribution in [-0.2, 0) is 11.2 Å². The van der Waals surface area contributed by atoms with Gasteiger partial charge in [0.1, 0.15) is 0 Å². The number of rotatable bonds is 10. The van der Waals surface area contributed by atoms with Crippen LogP contribution in [0.5, 0.6) is 0 Å². The van der Waals surface area contributed by atoms with Crippen LogP contribution in [0.3, 0.4) is 0 Å². The minimum absolute atomic E-state index is 0.897. The SMILES string of the molecule is CCCCCOCCCCCc1ccccc1Cl. The molecule has 0 unspecified atom stereocenters. The summed E-state index contributed by atoms with van der Waals surface area (Å²) in [7, 11) is 0. The van der Waals surface area contributed by atoms with Crippen LogP contribution in [-0.4, -0.2) is 13.2 Å². The second-order valence-corrected chi connectivity index (χ2v) is 5.13. The highest BCUT2D eigenvalue weighted by Crippen LogP contribution is 2.17. The number of hydrogen-bond donors (Lipinski definition) is 0. The molecule has 0 N–H and O–H groups in total. The third-order valence-corrected chi connectivity index (χ3v) is 3.45. The van der Waals surface area contributed by atoms with E-state index in [1.807, 2.05) is 12.1 Å². The maximum Gasteiger partial charge on any atom is 0.0466 e. The van der Waals surface area contributed by atoms with E-state index in [0.29, 0.717) is 0 Å². The molecule has 0 aromatic heterocycles. The molecule has 0 spiro atoms. The van der Waals surface area contributed by atoms with E-state index < -0.39 is 0 Å². The van der Waals surface area contributed by atoms with Crippen LogP contribution >= 0.6 is 11.6 Å². The summed E-state index contributed by atoms with van der Waals surface area (Å²) in [5.41, 5.74) is 1.27. The molecule has 0 radical (unpaired) electrons. The zero-order valence-electron chi connectivity index (χ0n) is 11.5. The van der Waals surface area contributed by atoms with Crippen LogP contribution in [0.2, 0.25) is 5.02 Å². The summed E-state index contributed by atoms with van der Waals surface area (Å²) < 4.78 is 5.59. The summed E-state index contributed by atoms with van der Waals surface area (Å²) in [6.07, 6.45) is 8.41. The smallest absolute Gasteiger partial charge is 0.0466 e. The van der Waals surface area contributed by atoms with E-state index >= 15 is 0 Å². The zero-order valence-corrected chi connectivity index (χ0v) is 12.2. The predicted molar refractivity (Wildman–Crippen MR) is 79.4 cm³/mol. The Hall–Kier alpha value is -0.530. The summed E-state index contributed by atoms with van der Waals surface area (Å²) in [6.45, 7) is 4.05. The Kier molecular flexibility index (Phi) is 8.97. The zero-order chi connectivity index (χ0) is 13.1. The molecule has 102 valence electrons.